The average Bonchev–Trinajstić information content (AvgIpc) is 3.13. The molecule has 5 N–H and O–H groups in total. The maximum absolute atomic E-state index is 13.4. The molecule has 0 aromatic rings. The van der Waals surface area contributed by atoms with Gasteiger partial charge in [0.05, 0.1) is 23.4 Å². The molecule has 0 bridgehead atoms. The van der Waals surface area contributed by atoms with E-state index in [0.717, 1.165) is 0 Å². The van der Waals surface area contributed by atoms with Crippen molar-refractivity contribution in [3.8, 4) is 0 Å². The zero-order chi connectivity index (χ0) is 30.8. The van der Waals surface area contributed by atoms with E-state index in [0.29, 0.717) is 31.3 Å². The molecule has 0 aliphatic heterocycles. The lowest BCUT2D eigenvalue weighted by Gasteiger charge is -2.60. The van der Waals surface area contributed by atoms with Crippen LogP contribution in [0.4, 0.5) is 0 Å². The van der Waals surface area contributed by atoms with Crippen LogP contribution in [0, 0.1) is 28.6 Å². The second kappa shape index (κ2) is 10.7. The summed E-state index contributed by atoms with van der Waals surface area (Å²) in [6, 6.07) is 0. The molecule has 2 unspecified atom stereocenters. The highest BCUT2D eigenvalue weighted by Crippen LogP contribution is 2.68. The van der Waals surface area contributed by atoms with Crippen LogP contribution in [0.1, 0.15) is 92.9 Å². The summed E-state index contributed by atoms with van der Waals surface area (Å²) in [6.07, 6.45) is 1.26. The quantitative estimate of drug-likeness (QED) is 0.267. The van der Waals surface area contributed by atoms with Crippen LogP contribution in [0.5, 0.6) is 0 Å². The van der Waals surface area contributed by atoms with Crippen LogP contribution in [-0.4, -0.2) is 85.0 Å². The summed E-state index contributed by atoms with van der Waals surface area (Å²) in [7, 11) is 0. The monoisotopic (exact) mass is 580 g/mol. The molecule has 3 fully saturated rings. The van der Waals surface area contributed by atoms with Crippen LogP contribution in [0.2, 0.25) is 0 Å². The Bertz CT molecular complexity index is 1090. The zero-order valence-corrected chi connectivity index (χ0v) is 25.2. The summed E-state index contributed by atoms with van der Waals surface area (Å²) in [6.45, 7) is 9.30. The Morgan fingerprint density at radius 3 is 2.34 bits per heavy atom. The van der Waals surface area contributed by atoms with Crippen molar-refractivity contribution in [1.82, 2.24) is 0 Å². The Hall–Kier alpha value is -1.85. The zero-order valence-electron chi connectivity index (χ0n) is 25.2. The molecular weight excluding hydrogens is 532 g/mol. The first-order valence-electron chi connectivity index (χ1n) is 14.9. The van der Waals surface area contributed by atoms with E-state index >= 15 is 0 Å². The third-order valence-electron chi connectivity index (χ3n) is 11.2. The highest BCUT2D eigenvalue weighted by atomic mass is 16.6. The van der Waals surface area contributed by atoms with Gasteiger partial charge >= 0.3 is 11.9 Å². The van der Waals surface area contributed by atoms with E-state index in [2.05, 4.69) is 0 Å². The smallest absolute Gasteiger partial charge is 0.344 e. The Balaban J connectivity index is 1.66. The fourth-order valence-corrected chi connectivity index (χ4v) is 8.84. The molecule has 41 heavy (non-hydrogen) atoms. The van der Waals surface area contributed by atoms with E-state index in [-0.39, 0.29) is 37.4 Å². The number of carbonyl (C=O) groups is 3. The normalized spacial score (nSPS) is 40.8. The molecule has 4 rings (SSSR count). The lowest BCUT2D eigenvalue weighted by Crippen LogP contribution is -2.63. The third-order valence-corrected chi connectivity index (χ3v) is 11.2. The second-order valence-electron chi connectivity index (χ2n) is 14.4. The molecule has 4 aliphatic carbocycles. The SMILES string of the molecule is CC(=O)OCC(=O)O[C@H](CCC(C)(C)O)[C@@](C)(O)C1CC[C@@]2(O)C3=CC(=O)[C@@H]4C[C@@H](O)[C@@H](O)C[C@]4(C)C3CC[C@]12C. The molecule has 10 heteroatoms. The topological polar surface area (TPSA) is 171 Å². The minimum Gasteiger partial charge on any atom is -0.457 e. The number of ether oxygens (including phenoxy) is 2. The van der Waals surface area contributed by atoms with Gasteiger partial charge in [-0.05, 0) is 101 Å². The summed E-state index contributed by atoms with van der Waals surface area (Å²) in [5.74, 6) is -2.75. The molecule has 0 radical (unpaired) electrons. The second-order valence-corrected chi connectivity index (χ2v) is 14.4. The van der Waals surface area contributed by atoms with Gasteiger partial charge in [0.1, 0.15) is 11.7 Å². The predicted molar refractivity (Wildman–Crippen MR) is 147 cm³/mol. The van der Waals surface area contributed by atoms with Crippen molar-refractivity contribution in [2.24, 2.45) is 28.6 Å². The third kappa shape index (κ3) is 5.51. The predicted octanol–water partition coefficient (Wildman–Crippen LogP) is 1.97. The molecular formula is C31H48O10. The first-order chi connectivity index (χ1) is 18.8. The number of rotatable bonds is 8. The van der Waals surface area contributed by atoms with Crippen LogP contribution in [0.25, 0.3) is 0 Å². The van der Waals surface area contributed by atoms with Crippen molar-refractivity contribution in [2.45, 2.75) is 128 Å². The summed E-state index contributed by atoms with van der Waals surface area (Å²) >= 11 is 0. The number of hydrogen-bond acceptors (Lipinski definition) is 10. The number of ketones is 1. The number of allylic oxidation sites excluding steroid dienone is 1. The van der Waals surface area contributed by atoms with Crippen molar-refractivity contribution in [3.05, 3.63) is 11.6 Å². The fourth-order valence-electron chi connectivity index (χ4n) is 8.84. The minimum atomic E-state index is -1.62. The molecule has 0 aromatic heterocycles. The van der Waals surface area contributed by atoms with Gasteiger partial charge in [-0.15, -0.1) is 0 Å². The standard InChI is InChI=1S/C31H48O10/c1-17(32)40-16-26(36)41-25(9-10-27(2,3)37)30(6,38)24-8-12-31(39)19-13-21(33)20-14-22(34)23(35)15-28(20,4)18(19)7-11-29(24,31)5/h13,18,20,22-25,34-35,37-39H,7-12,14-16H2,1-6H3/t18?,20-,22+,23-,24?,25+,28+,29+,30-,31+/m0/s1. The summed E-state index contributed by atoms with van der Waals surface area (Å²) in [4.78, 5) is 37.3. The maximum Gasteiger partial charge on any atom is 0.344 e. The molecule has 0 saturated heterocycles. The molecule has 10 nitrogen and oxygen atoms in total. The Labute approximate surface area is 242 Å². The van der Waals surface area contributed by atoms with E-state index in [9.17, 15) is 39.9 Å². The van der Waals surface area contributed by atoms with Gasteiger partial charge in [-0.25, -0.2) is 4.79 Å². The van der Waals surface area contributed by atoms with Crippen molar-refractivity contribution < 1.29 is 49.4 Å². The van der Waals surface area contributed by atoms with Gasteiger partial charge in [0.15, 0.2) is 12.4 Å². The molecule has 4 aliphatic rings. The van der Waals surface area contributed by atoms with Crippen molar-refractivity contribution in [2.75, 3.05) is 6.61 Å². The highest BCUT2D eigenvalue weighted by molar-refractivity contribution is 5.95. The maximum atomic E-state index is 13.4. The van der Waals surface area contributed by atoms with Gasteiger partial charge in [-0.3, -0.25) is 9.59 Å². The van der Waals surface area contributed by atoms with Crippen molar-refractivity contribution in [3.63, 3.8) is 0 Å². The number of aliphatic hydroxyl groups excluding tert-OH is 2. The Morgan fingerprint density at radius 1 is 1.07 bits per heavy atom. The number of hydrogen-bond donors (Lipinski definition) is 5. The van der Waals surface area contributed by atoms with Crippen LogP contribution < -0.4 is 0 Å². The van der Waals surface area contributed by atoms with Gasteiger partial charge in [0, 0.05) is 18.3 Å². The molecule has 232 valence electrons. The van der Waals surface area contributed by atoms with E-state index in [1.165, 1.54) is 6.92 Å². The van der Waals surface area contributed by atoms with Crippen LogP contribution >= 0.6 is 0 Å². The molecule has 0 spiro atoms. The number of esters is 2. The largest absolute Gasteiger partial charge is 0.457 e. The number of fused-ring (bicyclic) bond motifs is 5. The highest BCUT2D eigenvalue weighted by Gasteiger charge is 2.69. The van der Waals surface area contributed by atoms with Crippen molar-refractivity contribution in [1.29, 1.82) is 0 Å². The van der Waals surface area contributed by atoms with E-state index in [1.807, 2.05) is 13.8 Å². The fraction of sp³-hybridized carbons (Fsp3) is 0.839. The molecule has 0 heterocycles. The van der Waals surface area contributed by atoms with Gasteiger partial charge in [0.25, 0.3) is 0 Å². The first-order valence-corrected chi connectivity index (χ1v) is 14.9. The van der Waals surface area contributed by atoms with E-state index in [1.54, 1.807) is 26.8 Å². The Kier molecular flexibility index (Phi) is 8.37. The van der Waals surface area contributed by atoms with Gasteiger partial charge in [-0.1, -0.05) is 13.8 Å². The van der Waals surface area contributed by atoms with Crippen LogP contribution in [0.15, 0.2) is 11.6 Å². The van der Waals surface area contributed by atoms with Gasteiger partial charge in [0.2, 0.25) is 0 Å². The molecule has 10 atom stereocenters. The molecule has 0 amide bonds. The van der Waals surface area contributed by atoms with Gasteiger partial charge < -0.3 is 35.0 Å². The number of aliphatic hydroxyl groups is 5. The van der Waals surface area contributed by atoms with Crippen molar-refractivity contribution >= 4 is 17.7 Å². The number of carbonyl (C=O) groups excluding carboxylic acids is 3. The van der Waals surface area contributed by atoms with E-state index in [4.69, 9.17) is 9.47 Å². The Morgan fingerprint density at radius 2 is 1.73 bits per heavy atom. The minimum absolute atomic E-state index is 0.136. The summed E-state index contributed by atoms with van der Waals surface area (Å²) in [5, 5.41) is 55.9. The van der Waals surface area contributed by atoms with Crippen LogP contribution in [0.3, 0.4) is 0 Å². The average molecular weight is 581 g/mol. The molecule has 0 aromatic carbocycles. The van der Waals surface area contributed by atoms with Gasteiger partial charge in [-0.2, -0.15) is 0 Å². The lowest BCUT2D eigenvalue weighted by atomic mass is 9.45. The molecule has 3 saturated carbocycles. The lowest BCUT2D eigenvalue weighted by molar-refractivity contribution is -0.196. The van der Waals surface area contributed by atoms with E-state index < -0.39 is 76.3 Å². The summed E-state index contributed by atoms with van der Waals surface area (Å²) in [5.41, 5.74) is -4.97. The summed E-state index contributed by atoms with van der Waals surface area (Å²) < 4.78 is 10.5. The first kappa shape index (κ1) is 32.1. The van der Waals surface area contributed by atoms with Crippen LogP contribution in [-0.2, 0) is 23.9 Å².